The Kier molecular flexibility index (Phi) is 20.0. The summed E-state index contributed by atoms with van der Waals surface area (Å²) in [5.41, 5.74) is 6.39. The molecule has 72 heavy (non-hydrogen) atoms. The molecule has 3 aliphatic rings. The number of alkyl halides is 3. The number of halogens is 5. The number of carbonyl (C=O) groups is 3. The maximum absolute atomic E-state index is 12.9. The van der Waals surface area contributed by atoms with Gasteiger partial charge < -0.3 is 31.9 Å². The predicted octanol–water partition coefficient (Wildman–Crippen LogP) is 12.7. The van der Waals surface area contributed by atoms with Crippen molar-refractivity contribution in [1.29, 1.82) is 0 Å². The highest BCUT2D eigenvalue weighted by Crippen LogP contribution is 2.29. The normalized spacial score (nSPS) is 17.2. The van der Waals surface area contributed by atoms with Crippen LogP contribution in [0, 0.1) is 5.82 Å². The Morgan fingerprint density at radius 1 is 0.486 bits per heavy atom. The zero-order valence-corrected chi connectivity index (χ0v) is 41.1. The van der Waals surface area contributed by atoms with Gasteiger partial charge in [0.2, 0.25) is 0 Å². The third-order valence-corrected chi connectivity index (χ3v) is 13.4. The lowest BCUT2D eigenvalue weighted by molar-refractivity contribution is -0.137. The number of anilines is 3. The number of hydrogen-bond donors (Lipinski definition) is 6. The van der Waals surface area contributed by atoms with Gasteiger partial charge in [0.05, 0.1) is 5.56 Å². The molecule has 6 aromatic carbocycles. The largest absolute Gasteiger partial charge is 0.416 e. The second kappa shape index (κ2) is 26.9. The van der Waals surface area contributed by atoms with Crippen LogP contribution in [0.15, 0.2) is 146 Å². The summed E-state index contributed by atoms with van der Waals surface area (Å²) in [5.74, 6) is -1.15. The first-order chi connectivity index (χ1) is 34.8. The Morgan fingerprint density at radius 2 is 0.847 bits per heavy atom. The van der Waals surface area contributed by atoms with Gasteiger partial charge in [-0.05, 0) is 217 Å². The van der Waals surface area contributed by atoms with Crippen LogP contribution in [0.4, 0.5) is 34.6 Å². The first kappa shape index (κ1) is 53.4. The van der Waals surface area contributed by atoms with Crippen LogP contribution in [-0.4, -0.2) is 55.5 Å². The zero-order chi connectivity index (χ0) is 50.7. The molecule has 3 aliphatic heterocycles. The van der Waals surface area contributed by atoms with Crippen LogP contribution in [0.3, 0.4) is 0 Å². The van der Waals surface area contributed by atoms with Crippen LogP contribution in [-0.2, 0) is 25.4 Å². The molecular formula is C58H63ClF4N6O3. The number of hydrogen-bond acceptors (Lipinski definition) is 6. The minimum absolute atomic E-state index is 0.143. The van der Waals surface area contributed by atoms with Gasteiger partial charge in [-0.3, -0.25) is 14.4 Å². The van der Waals surface area contributed by atoms with Gasteiger partial charge in [-0.1, -0.05) is 54.1 Å². The molecule has 6 aromatic rings. The molecule has 3 atom stereocenters. The SMILES string of the molecule is O=C(Nc1ccc(CCC2CCCN2)cc1)c1ccc(C(F)(F)F)cc1.O=C(Nc1ccc(CCC2CCCN2)cc1)c1ccc(F)cc1.O=C(Nc1ccc(CCC2CCCN2)cc1)c1cccc(Cl)c1. The van der Waals surface area contributed by atoms with E-state index < -0.39 is 17.6 Å². The van der Waals surface area contributed by atoms with Gasteiger partial charge in [-0.25, -0.2) is 4.39 Å². The molecule has 0 bridgehead atoms. The molecule has 3 amide bonds. The smallest absolute Gasteiger partial charge is 0.322 e. The molecule has 3 fully saturated rings. The van der Waals surface area contributed by atoms with Gasteiger partial charge in [0.25, 0.3) is 17.7 Å². The van der Waals surface area contributed by atoms with E-state index in [1.54, 1.807) is 24.3 Å². The second-order valence-corrected chi connectivity index (χ2v) is 19.0. The molecule has 0 aliphatic carbocycles. The van der Waals surface area contributed by atoms with E-state index in [9.17, 15) is 31.9 Å². The molecular weight excluding hydrogens is 940 g/mol. The van der Waals surface area contributed by atoms with E-state index in [0.717, 1.165) is 75.2 Å². The lowest BCUT2D eigenvalue weighted by Gasteiger charge is -2.11. The molecule has 9 rings (SSSR count). The fourth-order valence-electron chi connectivity index (χ4n) is 8.95. The van der Waals surface area contributed by atoms with E-state index >= 15 is 0 Å². The van der Waals surface area contributed by atoms with Crippen LogP contribution in [0.5, 0.6) is 0 Å². The highest BCUT2D eigenvalue weighted by Gasteiger charge is 2.30. The predicted molar refractivity (Wildman–Crippen MR) is 281 cm³/mol. The topological polar surface area (TPSA) is 123 Å². The average Bonchev–Trinajstić information content (AvgIpc) is 4.23. The summed E-state index contributed by atoms with van der Waals surface area (Å²) in [6, 6.07) is 42.2. The van der Waals surface area contributed by atoms with Crippen molar-refractivity contribution in [2.75, 3.05) is 35.6 Å². The molecule has 14 heteroatoms. The molecule has 3 unspecified atom stereocenters. The van der Waals surface area contributed by atoms with Crippen molar-refractivity contribution in [3.05, 3.63) is 195 Å². The van der Waals surface area contributed by atoms with Crippen molar-refractivity contribution in [2.24, 2.45) is 0 Å². The summed E-state index contributed by atoms with van der Waals surface area (Å²) >= 11 is 5.92. The van der Waals surface area contributed by atoms with Crippen LogP contribution in [0.25, 0.3) is 0 Å². The summed E-state index contributed by atoms with van der Waals surface area (Å²) in [7, 11) is 0. The zero-order valence-electron chi connectivity index (χ0n) is 40.3. The third-order valence-electron chi connectivity index (χ3n) is 13.1. The molecule has 378 valence electrons. The van der Waals surface area contributed by atoms with Gasteiger partial charge in [0.15, 0.2) is 0 Å². The molecule has 0 spiro atoms. The first-order valence-electron chi connectivity index (χ1n) is 24.9. The fourth-order valence-corrected chi connectivity index (χ4v) is 9.14. The molecule has 0 aromatic heterocycles. The Morgan fingerprint density at radius 3 is 1.18 bits per heavy atom. The third kappa shape index (κ3) is 17.4. The molecule has 0 radical (unpaired) electrons. The number of benzene rings is 6. The van der Waals surface area contributed by atoms with Gasteiger partial charge in [-0.15, -0.1) is 0 Å². The summed E-state index contributed by atoms with van der Waals surface area (Å²) in [6.07, 6.45) is 9.69. The Balaban J connectivity index is 0.000000159. The number of nitrogens with one attached hydrogen (secondary N) is 6. The molecule has 3 saturated heterocycles. The van der Waals surface area contributed by atoms with Gasteiger partial charge in [-0.2, -0.15) is 13.2 Å². The van der Waals surface area contributed by atoms with E-state index in [4.69, 9.17) is 11.6 Å². The minimum atomic E-state index is -4.40. The van der Waals surface area contributed by atoms with E-state index in [1.165, 1.54) is 98.0 Å². The number of amides is 3. The number of aryl methyl sites for hydroxylation is 3. The van der Waals surface area contributed by atoms with Crippen molar-refractivity contribution in [1.82, 2.24) is 16.0 Å². The Hall–Kier alpha value is -6.38. The average molecular weight is 1000 g/mol. The van der Waals surface area contributed by atoms with E-state index in [0.29, 0.717) is 40.0 Å². The fraction of sp³-hybridized carbons (Fsp3) is 0.328. The van der Waals surface area contributed by atoms with Gasteiger partial charge in [0, 0.05) is 56.9 Å². The van der Waals surface area contributed by atoms with Crippen LogP contribution in [0.1, 0.15) is 111 Å². The van der Waals surface area contributed by atoms with Crippen molar-refractivity contribution in [3.8, 4) is 0 Å². The van der Waals surface area contributed by atoms with Gasteiger partial charge in [0.1, 0.15) is 5.82 Å². The Labute approximate surface area is 424 Å². The second-order valence-electron chi connectivity index (χ2n) is 18.5. The van der Waals surface area contributed by atoms with E-state index in [-0.39, 0.29) is 23.2 Å². The molecule has 3 heterocycles. The number of rotatable bonds is 15. The lowest BCUT2D eigenvalue weighted by atomic mass is 10.0. The van der Waals surface area contributed by atoms with E-state index in [1.807, 2.05) is 48.5 Å². The molecule has 9 nitrogen and oxygen atoms in total. The quantitative estimate of drug-likeness (QED) is 0.0570. The standard InChI is InChI=1S/C20H21F3N2O.C19H21ClN2O.C19H21FN2O/c21-20(22,23)16-8-6-15(7-9-16)19(26)25-18-11-4-14(5-12-18)3-10-17-2-1-13-24-17;20-16-4-1-3-15(13-16)19(23)22-18-10-7-14(8-11-18)6-9-17-5-2-12-21-17;20-16-8-6-15(7-9-16)19(23)22-18-11-4-14(5-12-18)3-10-17-2-1-13-21-17/h4-9,11-12,17,24H,1-3,10,13H2,(H,25,26);1,3-4,7-8,10-11,13,17,21H,2,5-6,9,12H2,(H,22,23);4-9,11-12,17,21H,1-3,10,13H2,(H,22,23). The monoisotopic (exact) mass is 1000 g/mol. The van der Waals surface area contributed by atoms with E-state index in [2.05, 4.69) is 56.2 Å². The molecule has 0 saturated carbocycles. The van der Waals surface area contributed by atoms with Crippen molar-refractivity contribution in [3.63, 3.8) is 0 Å². The van der Waals surface area contributed by atoms with Crippen molar-refractivity contribution in [2.45, 2.75) is 101 Å². The van der Waals surface area contributed by atoms with Crippen LogP contribution >= 0.6 is 11.6 Å². The minimum Gasteiger partial charge on any atom is -0.322 e. The van der Waals surface area contributed by atoms with Crippen molar-refractivity contribution < 1.29 is 31.9 Å². The highest BCUT2D eigenvalue weighted by atomic mass is 35.5. The van der Waals surface area contributed by atoms with Crippen LogP contribution in [0.2, 0.25) is 5.02 Å². The van der Waals surface area contributed by atoms with Crippen molar-refractivity contribution >= 4 is 46.4 Å². The maximum Gasteiger partial charge on any atom is 0.416 e. The Bertz CT molecular complexity index is 2630. The molecule has 6 N–H and O–H groups in total. The highest BCUT2D eigenvalue weighted by molar-refractivity contribution is 6.31. The van der Waals surface area contributed by atoms with Crippen LogP contribution < -0.4 is 31.9 Å². The summed E-state index contributed by atoms with van der Waals surface area (Å²) < 4.78 is 50.6. The summed E-state index contributed by atoms with van der Waals surface area (Å²) in [4.78, 5) is 36.4. The summed E-state index contributed by atoms with van der Waals surface area (Å²) in [5, 5.41) is 19.5. The number of carbonyl (C=O) groups excluding carboxylic acids is 3. The maximum atomic E-state index is 12.9. The van der Waals surface area contributed by atoms with Gasteiger partial charge >= 0.3 is 6.18 Å². The summed E-state index contributed by atoms with van der Waals surface area (Å²) in [6.45, 7) is 3.39. The first-order valence-corrected chi connectivity index (χ1v) is 25.3. The lowest BCUT2D eigenvalue weighted by Crippen LogP contribution is -2.21.